The zero-order valence-corrected chi connectivity index (χ0v) is 20.4. The highest BCUT2D eigenvalue weighted by Crippen LogP contribution is 2.34. The summed E-state index contributed by atoms with van der Waals surface area (Å²) >= 11 is 8.65. The van der Waals surface area contributed by atoms with Crippen LogP contribution in [0.25, 0.3) is 22.6 Å². The Labute approximate surface area is 203 Å². The van der Waals surface area contributed by atoms with Gasteiger partial charge in [-0.05, 0) is 79.7 Å². The highest BCUT2D eigenvalue weighted by Gasteiger charge is 2.17. The summed E-state index contributed by atoms with van der Waals surface area (Å²) in [4.78, 5) is 17.2. The molecule has 0 atom stereocenters. The number of aryl methyl sites for hydroxylation is 2. The lowest BCUT2D eigenvalue weighted by Crippen LogP contribution is -2.34. The molecule has 0 spiro atoms. The summed E-state index contributed by atoms with van der Waals surface area (Å²) in [5.41, 5.74) is 4.69. The normalized spacial score (nSPS) is 10.8. The Morgan fingerprint density at radius 2 is 1.94 bits per heavy atom. The van der Waals surface area contributed by atoms with E-state index in [1.165, 1.54) is 13.2 Å². The highest BCUT2D eigenvalue weighted by atomic mass is 79.9. The van der Waals surface area contributed by atoms with Gasteiger partial charge in [0.25, 0.3) is 5.91 Å². The molecule has 0 aliphatic heterocycles. The number of carbonyl (C=O) groups is 1. The summed E-state index contributed by atoms with van der Waals surface area (Å²) in [6, 6.07) is 13.8. The Balaban J connectivity index is 1.56. The number of phenols is 1. The predicted octanol–water partition coefficient (Wildman–Crippen LogP) is 5.72. The molecule has 9 heteroatoms. The number of rotatable bonds is 4. The number of anilines is 1. The number of hydrogen-bond acceptors (Lipinski definition) is 6. The van der Waals surface area contributed by atoms with Crippen LogP contribution in [0.5, 0.6) is 11.5 Å². The quantitative estimate of drug-likeness (QED) is 0.231. The number of thiocarbonyl (C=S) groups is 1. The van der Waals surface area contributed by atoms with Gasteiger partial charge in [0, 0.05) is 10.2 Å². The van der Waals surface area contributed by atoms with E-state index in [9.17, 15) is 9.90 Å². The van der Waals surface area contributed by atoms with Crippen molar-refractivity contribution in [3.05, 3.63) is 69.7 Å². The zero-order valence-electron chi connectivity index (χ0n) is 18.0. The van der Waals surface area contributed by atoms with Gasteiger partial charge in [-0.2, -0.15) is 0 Å². The average molecular weight is 526 g/mol. The van der Waals surface area contributed by atoms with Crippen LogP contribution in [0.3, 0.4) is 0 Å². The molecule has 7 nitrogen and oxygen atoms in total. The van der Waals surface area contributed by atoms with Gasteiger partial charge in [-0.1, -0.05) is 22.0 Å². The van der Waals surface area contributed by atoms with Gasteiger partial charge in [0.2, 0.25) is 5.89 Å². The van der Waals surface area contributed by atoms with Gasteiger partial charge in [-0.3, -0.25) is 10.1 Å². The highest BCUT2D eigenvalue weighted by molar-refractivity contribution is 9.10. The van der Waals surface area contributed by atoms with Crippen molar-refractivity contribution in [1.29, 1.82) is 0 Å². The van der Waals surface area contributed by atoms with Gasteiger partial charge in [0.15, 0.2) is 10.7 Å². The number of phenolic OH excluding ortho intramolecular Hbond substituents is 1. The van der Waals surface area contributed by atoms with Crippen molar-refractivity contribution in [2.45, 2.75) is 13.8 Å². The number of fused-ring (bicyclic) bond motifs is 1. The second kappa shape index (κ2) is 9.21. The number of aromatic hydroxyl groups is 1. The molecule has 0 fully saturated rings. The summed E-state index contributed by atoms with van der Waals surface area (Å²) in [5, 5.41) is 16.1. The Bertz CT molecular complexity index is 1400. The zero-order chi connectivity index (χ0) is 23.7. The van der Waals surface area contributed by atoms with E-state index in [1.807, 2.05) is 26.0 Å². The molecule has 4 rings (SSSR count). The lowest BCUT2D eigenvalue weighted by Gasteiger charge is -2.12. The summed E-state index contributed by atoms with van der Waals surface area (Å²) < 4.78 is 11.9. The minimum Gasteiger partial charge on any atom is -0.507 e. The number of aromatic nitrogens is 1. The van der Waals surface area contributed by atoms with Crippen LogP contribution < -0.4 is 15.4 Å². The van der Waals surface area contributed by atoms with Gasteiger partial charge in [0.05, 0.1) is 18.2 Å². The van der Waals surface area contributed by atoms with Crippen molar-refractivity contribution >= 4 is 56.0 Å². The van der Waals surface area contributed by atoms with Gasteiger partial charge >= 0.3 is 0 Å². The van der Waals surface area contributed by atoms with Crippen LogP contribution in [-0.4, -0.2) is 28.2 Å². The number of ether oxygens (including phenoxy) is 1. The van der Waals surface area contributed by atoms with Crippen LogP contribution in [0.1, 0.15) is 21.5 Å². The Morgan fingerprint density at radius 3 is 2.70 bits per heavy atom. The number of amides is 1. The van der Waals surface area contributed by atoms with Gasteiger partial charge in [-0.15, -0.1) is 0 Å². The first-order valence-corrected chi connectivity index (χ1v) is 11.1. The number of benzene rings is 3. The van der Waals surface area contributed by atoms with E-state index >= 15 is 0 Å². The number of hydrogen-bond donors (Lipinski definition) is 3. The fourth-order valence-corrected chi connectivity index (χ4v) is 4.04. The Morgan fingerprint density at radius 1 is 1.15 bits per heavy atom. The van der Waals surface area contributed by atoms with E-state index in [0.29, 0.717) is 33.7 Å². The van der Waals surface area contributed by atoms with E-state index in [-0.39, 0.29) is 16.8 Å². The summed E-state index contributed by atoms with van der Waals surface area (Å²) in [6.07, 6.45) is 0. The molecule has 0 saturated carbocycles. The predicted molar refractivity (Wildman–Crippen MR) is 135 cm³/mol. The molecule has 1 amide bonds. The van der Waals surface area contributed by atoms with Gasteiger partial charge < -0.3 is 19.6 Å². The van der Waals surface area contributed by atoms with Crippen molar-refractivity contribution < 1.29 is 19.1 Å². The molecule has 0 unspecified atom stereocenters. The standard InChI is InChI=1S/C24H20BrN3O4S/c1-12-8-13(2)21-18(9-12)27-23(32-21)16-11-15(5-6-19(16)29)26-24(33)28-22(30)17-10-14(25)4-7-20(17)31-3/h4-11,29H,1-3H3,(H2,26,28,30,33). The topological polar surface area (TPSA) is 96.6 Å². The molecule has 3 N–H and O–H groups in total. The van der Waals surface area contributed by atoms with E-state index in [1.54, 1.807) is 30.3 Å². The molecule has 168 valence electrons. The first kappa shape index (κ1) is 22.8. The molecule has 1 heterocycles. The van der Waals surface area contributed by atoms with E-state index in [2.05, 4.69) is 31.5 Å². The number of nitrogens with zero attached hydrogens (tertiary/aromatic N) is 1. The molecule has 3 aromatic carbocycles. The fraction of sp³-hybridized carbons (Fsp3) is 0.125. The van der Waals surface area contributed by atoms with Crippen LogP contribution in [0, 0.1) is 13.8 Å². The number of halogens is 1. The molecule has 1 aromatic heterocycles. The summed E-state index contributed by atoms with van der Waals surface area (Å²) in [7, 11) is 1.49. The molecule has 0 radical (unpaired) electrons. The first-order chi connectivity index (χ1) is 15.7. The molecule has 0 aliphatic carbocycles. The van der Waals surface area contributed by atoms with E-state index in [0.717, 1.165) is 15.6 Å². The van der Waals surface area contributed by atoms with Crippen LogP contribution in [0.2, 0.25) is 0 Å². The maximum Gasteiger partial charge on any atom is 0.261 e. The molecule has 33 heavy (non-hydrogen) atoms. The maximum absolute atomic E-state index is 12.7. The van der Waals surface area contributed by atoms with Crippen molar-refractivity contribution in [2.75, 3.05) is 12.4 Å². The second-order valence-electron chi connectivity index (χ2n) is 7.43. The molecule has 4 aromatic rings. The first-order valence-electron chi connectivity index (χ1n) is 9.92. The van der Waals surface area contributed by atoms with E-state index in [4.69, 9.17) is 21.4 Å². The molecule has 0 bridgehead atoms. The second-order valence-corrected chi connectivity index (χ2v) is 8.76. The van der Waals surface area contributed by atoms with Crippen molar-refractivity contribution in [3.8, 4) is 23.0 Å². The monoisotopic (exact) mass is 525 g/mol. The maximum atomic E-state index is 12.7. The minimum absolute atomic E-state index is 0.00954. The van der Waals surface area contributed by atoms with Gasteiger partial charge in [-0.25, -0.2) is 4.98 Å². The third-order valence-electron chi connectivity index (χ3n) is 4.94. The average Bonchev–Trinajstić information content (AvgIpc) is 3.19. The smallest absolute Gasteiger partial charge is 0.261 e. The Hall–Kier alpha value is -3.43. The van der Waals surface area contributed by atoms with Crippen molar-refractivity contribution in [2.24, 2.45) is 0 Å². The third kappa shape index (κ3) is 4.84. The summed E-state index contributed by atoms with van der Waals surface area (Å²) in [6.45, 7) is 3.94. The molecular weight excluding hydrogens is 506 g/mol. The number of carbonyl (C=O) groups excluding carboxylic acids is 1. The van der Waals surface area contributed by atoms with Crippen LogP contribution in [0.4, 0.5) is 5.69 Å². The van der Waals surface area contributed by atoms with E-state index < -0.39 is 5.91 Å². The SMILES string of the molecule is COc1ccc(Br)cc1C(=O)NC(=S)Nc1ccc(O)c(-c2nc3cc(C)cc(C)c3o2)c1. The van der Waals surface area contributed by atoms with Crippen molar-refractivity contribution in [1.82, 2.24) is 10.3 Å². The molecule has 0 aliphatic rings. The fourth-order valence-electron chi connectivity index (χ4n) is 3.47. The van der Waals surface area contributed by atoms with Crippen LogP contribution >= 0.6 is 28.1 Å². The number of oxazole rings is 1. The van der Waals surface area contributed by atoms with Crippen LogP contribution in [0.15, 0.2) is 57.4 Å². The number of nitrogens with one attached hydrogen (secondary N) is 2. The minimum atomic E-state index is -0.422. The van der Waals surface area contributed by atoms with Gasteiger partial charge in [0.1, 0.15) is 17.0 Å². The largest absolute Gasteiger partial charge is 0.507 e. The third-order valence-corrected chi connectivity index (χ3v) is 5.64. The van der Waals surface area contributed by atoms with Crippen molar-refractivity contribution in [3.63, 3.8) is 0 Å². The van der Waals surface area contributed by atoms with Crippen LogP contribution in [-0.2, 0) is 0 Å². The molecule has 0 saturated heterocycles. The lowest BCUT2D eigenvalue weighted by atomic mass is 10.1. The number of methoxy groups -OCH3 is 1. The Kier molecular flexibility index (Phi) is 6.35. The summed E-state index contributed by atoms with van der Waals surface area (Å²) in [5.74, 6) is 0.297. The lowest BCUT2D eigenvalue weighted by molar-refractivity contribution is 0.0974. The molecular formula is C24H20BrN3O4S.